The summed E-state index contributed by atoms with van der Waals surface area (Å²) in [5.74, 6) is 1.61. The molecule has 0 amide bonds. The average molecular weight is 488 g/mol. The summed E-state index contributed by atoms with van der Waals surface area (Å²) in [5, 5.41) is 3.35. The van der Waals surface area contributed by atoms with Gasteiger partial charge in [0, 0.05) is 42.6 Å². The number of benzene rings is 2. The molecule has 2 N–H and O–H groups in total. The summed E-state index contributed by atoms with van der Waals surface area (Å²) in [6, 6.07) is 14.1. The van der Waals surface area contributed by atoms with Gasteiger partial charge in [-0.25, -0.2) is 0 Å². The molecule has 190 valence electrons. The van der Waals surface area contributed by atoms with Gasteiger partial charge in [0.05, 0.1) is 30.9 Å². The summed E-state index contributed by atoms with van der Waals surface area (Å²) in [4.78, 5) is 20.0. The molecule has 2 heterocycles. The highest BCUT2D eigenvalue weighted by Gasteiger charge is 2.29. The number of H-pyrrole nitrogens is 1. The highest BCUT2D eigenvalue weighted by Crippen LogP contribution is 2.39. The molecule has 6 heteroatoms. The third kappa shape index (κ3) is 4.78. The van der Waals surface area contributed by atoms with E-state index in [1.807, 2.05) is 32.0 Å². The number of nitrogens with zero attached hydrogens (tertiary/aromatic N) is 1. The second kappa shape index (κ2) is 11.0. The van der Waals surface area contributed by atoms with E-state index in [2.05, 4.69) is 53.0 Å². The number of likely N-dealkylation sites (tertiary alicyclic amines) is 1. The van der Waals surface area contributed by atoms with Crippen LogP contribution in [0.4, 0.5) is 0 Å². The molecule has 0 saturated carbocycles. The normalized spacial score (nSPS) is 15.2. The van der Waals surface area contributed by atoms with Crippen molar-refractivity contribution in [2.45, 2.75) is 39.7 Å². The summed E-state index contributed by atoms with van der Waals surface area (Å²) in [6.45, 7) is 13.6. The molecule has 0 bridgehead atoms. The zero-order valence-corrected chi connectivity index (χ0v) is 22.0. The number of pyridine rings is 1. The number of aryl methyl sites for hydroxylation is 2. The van der Waals surface area contributed by atoms with Crippen LogP contribution < -0.4 is 20.2 Å². The molecule has 1 aliphatic heterocycles. The van der Waals surface area contributed by atoms with Gasteiger partial charge in [-0.2, -0.15) is 0 Å². The van der Waals surface area contributed by atoms with Crippen LogP contribution in [0.3, 0.4) is 0 Å². The first-order valence-corrected chi connectivity index (χ1v) is 12.6. The number of aromatic nitrogens is 1. The van der Waals surface area contributed by atoms with Crippen molar-refractivity contribution in [3.8, 4) is 22.6 Å². The van der Waals surface area contributed by atoms with E-state index >= 15 is 0 Å². The highest BCUT2D eigenvalue weighted by molar-refractivity contribution is 5.81. The van der Waals surface area contributed by atoms with Crippen molar-refractivity contribution in [1.29, 1.82) is 0 Å². The molecule has 3 aromatic rings. The first kappa shape index (κ1) is 25.6. The summed E-state index contributed by atoms with van der Waals surface area (Å²) in [7, 11) is 3.22. The number of hydrogen-bond donors (Lipinski definition) is 2. The molecule has 1 saturated heterocycles. The predicted molar refractivity (Wildman–Crippen MR) is 147 cm³/mol. The molecule has 1 aromatic heterocycles. The Morgan fingerprint density at radius 3 is 2.42 bits per heavy atom. The van der Waals surface area contributed by atoms with Crippen molar-refractivity contribution >= 4 is 5.70 Å². The van der Waals surface area contributed by atoms with E-state index in [4.69, 9.17) is 9.47 Å². The van der Waals surface area contributed by atoms with Gasteiger partial charge in [-0.1, -0.05) is 43.8 Å². The van der Waals surface area contributed by atoms with Crippen molar-refractivity contribution in [1.82, 2.24) is 15.2 Å². The molecule has 2 aromatic carbocycles. The second-order valence-corrected chi connectivity index (χ2v) is 9.36. The molecule has 0 aliphatic carbocycles. The lowest BCUT2D eigenvalue weighted by atomic mass is 9.94. The lowest BCUT2D eigenvalue weighted by Crippen LogP contribution is -2.27. The van der Waals surface area contributed by atoms with Crippen LogP contribution in [0.5, 0.6) is 11.5 Å². The SMILES string of the molecule is C=C(c1c(C)[nH]c(CNCC)c(-c2c(OC)cccc2OC)c1=O)N1CCC(c2ccccc2C)C1. The maximum atomic E-state index is 14.3. The topological polar surface area (TPSA) is 66.6 Å². The molecule has 0 radical (unpaired) electrons. The first-order chi connectivity index (χ1) is 17.4. The van der Waals surface area contributed by atoms with E-state index in [-0.39, 0.29) is 5.43 Å². The minimum Gasteiger partial charge on any atom is -0.496 e. The van der Waals surface area contributed by atoms with Crippen LogP contribution in [0.15, 0.2) is 53.8 Å². The molecule has 0 spiro atoms. The summed E-state index contributed by atoms with van der Waals surface area (Å²) in [5.41, 5.74) is 6.82. The largest absolute Gasteiger partial charge is 0.496 e. The number of rotatable bonds is 9. The number of ether oxygens (including phenoxy) is 2. The molecule has 1 atom stereocenters. The summed E-state index contributed by atoms with van der Waals surface area (Å²) >= 11 is 0. The van der Waals surface area contributed by atoms with E-state index in [0.29, 0.717) is 40.7 Å². The van der Waals surface area contributed by atoms with Crippen molar-refractivity contribution in [2.75, 3.05) is 33.9 Å². The van der Waals surface area contributed by atoms with Crippen molar-refractivity contribution < 1.29 is 9.47 Å². The Morgan fingerprint density at radius 2 is 1.78 bits per heavy atom. The molecular weight excluding hydrogens is 450 g/mol. The predicted octanol–water partition coefficient (Wildman–Crippen LogP) is 5.25. The third-order valence-corrected chi connectivity index (χ3v) is 7.19. The third-order valence-electron chi connectivity index (χ3n) is 7.19. The number of methoxy groups -OCH3 is 2. The van der Waals surface area contributed by atoms with Gasteiger partial charge >= 0.3 is 0 Å². The summed E-state index contributed by atoms with van der Waals surface area (Å²) in [6.07, 6.45) is 1.03. The van der Waals surface area contributed by atoms with E-state index in [1.165, 1.54) is 11.1 Å². The molecule has 1 aliphatic rings. The molecule has 1 fully saturated rings. The van der Waals surface area contributed by atoms with Crippen molar-refractivity contribution in [3.05, 3.63) is 87.3 Å². The lowest BCUT2D eigenvalue weighted by Gasteiger charge is -2.25. The lowest BCUT2D eigenvalue weighted by molar-refractivity contribution is 0.397. The van der Waals surface area contributed by atoms with Gasteiger partial charge in [0.15, 0.2) is 5.43 Å². The Hall–Kier alpha value is -3.51. The van der Waals surface area contributed by atoms with Crippen LogP contribution in [0.2, 0.25) is 0 Å². The van der Waals surface area contributed by atoms with E-state index < -0.39 is 0 Å². The molecule has 6 nitrogen and oxygen atoms in total. The number of aromatic amines is 1. The molecule has 4 rings (SSSR count). The van der Waals surface area contributed by atoms with Crippen LogP contribution in [-0.4, -0.2) is 43.7 Å². The average Bonchev–Trinajstić information content (AvgIpc) is 3.37. The smallest absolute Gasteiger partial charge is 0.199 e. The molecule has 1 unspecified atom stereocenters. The van der Waals surface area contributed by atoms with Gasteiger partial charge in [0.25, 0.3) is 0 Å². The highest BCUT2D eigenvalue weighted by atomic mass is 16.5. The maximum absolute atomic E-state index is 14.3. The minimum atomic E-state index is -0.0636. The molecule has 36 heavy (non-hydrogen) atoms. The Bertz CT molecular complexity index is 1290. The van der Waals surface area contributed by atoms with Crippen LogP contribution in [0, 0.1) is 13.8 Å². The number of nitrogens with one attached hydrogen (secondary N) is 2. The second-order valence-electron chi connectivity index (χ2n) is 9.36. The fraction of sp³-hybridized carbons (Fsp3) is 0.367. The standard InChI is InChI=1S/C30H37N3O3/c1-7-31-17-24-28(29-25(35-5)13-10-14-26(29)36-6)30(34)27(20(3)32-24)21(4)33-16-15-22(18-33)23-12-9-8-11-19(23)2/h8-14,22,31H,4,7,15-18H2,1-3,5-6H3,(H,32,34). The quantitative estimate of drug-likeness (QED) is 0.432. The van der Waals surface area contributed by atoms with Crippen LogP contribution in [0.1, 0.15) is 47.3 Å². The van der Waals surface area contributed by atoms with Crippen LogP contribution in [-0.2, 0) is 6.54 Å². The fourth-order valence-electron chi connectivity index (χ4n) is 5.34. The van der Waals surface area contributed by atoms with E-state index in [0.717, 1.165) is 43.1 Å². The Morgan fingerprint density at radius 1 is 1.08 bits per heavy atom. The van der Waals surface area contributed by atoms with Gasteiger partial charge in [0.1, 0.15) is 11.5 Å². The Balaban J connectivity index is 1.80. The van der Waals surface area contributed by atoms with E-state index in [9.17, 15) is 4.79 Å². The number of hydrogen-bond acceptors (Lipinski definition) is 5. The fourth-order valence-corrected chi connectivity index (χ4v) is 5.34. The van der Waals surface area contributed by atoms with Gasteiger partial charge in [-0.3, -0.25) is 4.79 Å². The zero-order chi connectivity index (χ0) is 25.8. The Kier molecular flexibility index (Phi) is 7.85. The van der Waals surface area contributed by atoms with Crippen LogP contribution in [0.25, 0.3) is 16.8 Å². The van der Waals surface area contributed by atoms with Crippen molar-refractivity contribution in [3.63, 3.8) is 0 Å². The Labute approximate surface area is 214 Å². The van der Waals surface area contributed by atoms with Gasteiger partial charge in [-0.05, 0) is 50.1 Å². The van der Waals surface area contributed by atoms with Gasteiger partial charge in [-0.15, -0.1) is 0 Å². The van der Waals surface area contributed by atoms with Gasteiger partial charge in [0.2, 0.25) is 0 Å². The minimum absolute atomic E-state index is 0.0636. The van der Waals surface area contributed by atoms with Crippen molar-refractivity contribution in [2.24, 2.45) is 0 Å². The monoisotopic (exact) mass is 487 g/mol. The maximum Gasteiger partial charge on any atom is 0.199 e. The first-order valence-electron chi connectivity index (χ1n) is 12.6. The van der Waals surface area contributed by atoms with Crippen LogP contribution >= 0.6 is 0 Å². The molecular formula is C30H37N3O3. The zero-order valence-electron chi connectivity index (χ0n) is 22.0. The summed E-state index contributed by atoms with van der Waals surface area (Å²) < 4.78 is 11.4. The van der Waals surface area contributed by atoms with Gasteiger partial charge < -0.3 is 24.7 Å². The van der Waals surface area contributed by atoms with E-state index in [1.54, 1.807) is 14.2 Å².